The van der Waals surface area contributed by atoms with Crippen LogP contribution in [-0.2, 0) is 6.42 Å². The number of nitrogens with zero attached hydrogens (tertiary/aromatic N) is 1. The molecule has 0 amide bonds. The van der Waals surface area contributed by atoms with Gasteiger partial charge in [0.15, 0.2) is 0 Å². The van der Waals surface area contributed by atoms with Crippen molar-refractivity contribution in [2.45, 2.75) is 33.4 Å². The van der Waals surface area contributed by atoms with Crippen LogP contribution in [0.1, 0.15) is 26.3 Å². The fourth-order valence-corrected chi connectivity index (χ4v) is 1.62. The topological polar surface area (TPSA) is 23.5 Å². The summed E-state index contributed by atoms with van der Waals surface area (Å²) in [4.78, 5) is 1.97. The number of aliphatic hydroxyl groups is 1. The Morgan fingerprint density at radius 2 is 2.07 bits per heavy atom. The summed E-state index contributed by atoms with van der Waals surface area (Å²) in [7, 11) is 0. The molecule has 0 aliphatic carbocycles. The molecule has 2 nitrogen and oxygen atoms in total. The third-order valence-electron chi connectivity index (χ3n) is 2.44. The lowest BCUT2D eigenvalue weighted by molar-refractivity contribution is 0.190. The summed E-state index contributed by atoms with van der Waals surface area (Å²) in [5.74, 6) is 0. The second-order valence-corrected chi connectivity index (χ2v) is 3.44. The Morgan fingerprint density at radius 3 is 2.57 bits per heavy atom. The van der Waals surface area contributed by atoms with Crippen LogP contribution < -0.4 is 4.90 Å². The Morgan fingerprint density at radius 1 is 1.36 bits per heavy atom. The number of anilines is 1. The van der Waals surface area contributed by atoms with Crippen molar-refractivity contribution in [2.24, 2.45) is 0 Å². The molecule has 1 N–H and O–H groups in total. The maximum atomic E-state index is 9.56. The molecule has 0 aliphatic rings. The third kappa shape index (κ3) is 2.48. The molecule has 0 bridgehead atoms. The first-order chi connectivity index (χ1) is 6.69. The largest absolute Gasteiger partial charge is 0.374 e. The van der Waals surface area contributed by atoms with Crippen molar-refractivity contribution in [1.29, 1.82) is 0 Å². The quantitative estimate of drug-likeness (QED) is 0.742. The van der Waals surface area contributed by atoms with Gasteiger partial charge >= 0.3 is 0 Å². The fraction of sp³-hybridized carbons (Fsp3) is 0.500. The van der Waals surface area contributed by atoms with Crippen molar-refractivity contribution < 1.29 is 5.11 Å². The predicted octanol–water partition coefficient (Wildman–Crippen LogP) is 2.41. The number of hydrogen-bond acceptors (Lipinski definition) is 2. The van der Waals surface area contributed by atoms with Crippen LogP contribution in [0, 0.1) is 0 Å². The normalized spacial score (nSPS) is 12.6. The van der Waals surface area contributed by atoms with Crippen molar-refractivity contribution in [1.82, 2.24) is 0 Å². The van der Waals surface area contributed by atoms with E-state index in [-0.39, 0.29) is 0 Å². The highest BCUT2D eigenvalue weighted by Crippen LogP contribution is 2.17. The molecular weight excluding hydrogens is 174 g/mol. The Kier molecular flexibility index (Phi) is 3.96. The van der Waals surface area contributed by atoms with Gasteiger partial charge in [-0.1, -0.05) is 19.1 Å². The zero-order valence-electron chi connectivity index (χ0n) is 9.20. The summed E-state index contributed by atoms with van der Waals surface area (Å²) in [6.07, 6.45) is 0.609. The smallest absolute Gasteiger partial charge is 0.124 e. The molecule has 1 rings (SSSR count). The van der Waals surface area contributed by atoms with Gasteiger partial charge in [0, 0.05) is 12.2 Å². The first-order valence-electron chi connectivity index (χ1n) is 5.22. The summed E-state index contributed by atoms with van der Waals surface area (Å²) in [6, 6.07) is 8.32. The molecule has 0 heterocycles. The fourth-order valence-electron chi connectivity index (χ4n) is 1.62. The molecule has 1 aromatic rings. The summed E-state index contributed by atoms with van der Waals surface area (Å²) in [5, 5.41) is 9.56. The highest BCUT2D eigenvalue weighted by atomic mass is 16.3. The van der Waals surface area contributed by atoms with Crippen molar-refractivity contribution in [3.63, 3.8) is 0 Å². The first kappa shape index (κ1) is 11.1. The molecule has 1 unspecified atom stereocenters. The molecule has 0 spiro atoms. The minimum Gasteiger partial charge on any atom is -0.374 e. The van der Waals surface area contributed by atoms with Gasteiger partial charge in [0.25, 0.3) is 0 Å². The van der Waals surface area contributed by atoms with E-state index in [2.05, 4.69) is 19.1 Å². The van der Waals surface area contributed by atoms with Crippen molar-refractivity contribution >= 4 is 5.69 Å². The number of aryl methyl sites for hydroxylation is 1. The van der Waals surface area contributed by atoms with Crippen LogP contribution in [0.3, 0.4) is 0 Å². The van der Waals surface area contributed by atoms with Gasteiger partial charge in [0.1, 0.15) is 6.23 Å². The van der Waals surface area contributed by atoms with Gasteiger partial charge in [0.05, 0.1) is 0 Å². The van der Waals surface area contributed by atoms with Crippen LogP contribution in [0.25, 0.3) is 0 Å². The van der Waals surface area contributed by atoms with Gasteiger partial charge in [-0.2, -0.15) is 0 Å². The number of rotatable bonds is 4. The minimum atomic E-state index is -0.424. The summed E-state index contributed by atoms with van der Waals surface area (Å²) in [6.45, 7) is 6.80. The standard InChI is InChI=1S/C12H19NO/c1-4-11-7-6-8-12(9-11)13(5-2)10(3)14/h6-10,14H,4-5H2,1-3H3. The van der Waals surface area contributed by atoms with E-state index in [1.165, 1.54) is 5.56 Å². The summed E-state index contributed by atoms with van der Waals surface area (Å²) >= 11 is 0. The second-order valence-electron chi connectivity index (χ2n) is 3.44. The molecule has 78 valence electrons. The lowest BCUT2D eigenvalue weighted by atomic mass is 10.1. The lowest BCUT2D eigenvalue weighted by Crippen LogP contribution is -2.32. The highest BCUT2D eigenvalue weighted by Gasteiger charge is 2.08. The molecule has 2 heteroatoms. The molecule has 1 atom stereocenters. The Balaban J connectivity index is 2.92. The zero-order valence-corrected chi connectivity index (χ0v) is 9.20. The second kappa shape index (κ2) is 5.01. The first-order valence-corrected chi connectivity index (χ1v) is 5.22. The van der Waals surface area contributed by atoms with E-state index in [4.69, 9.17) is 0 Å². The Labute approximate surface area is 86.2 Å². The van der Waals surface area contributed by atoms with Crippen molar-refractivity contribution in [3.05, 3.63) is 29.8 Å². The number of hydrogen-bond donors (Lipinski definition) is 1. The van der Waals surface area contributed by atoms with Crippen LogP contribution >= 0.6 is 0 Å². The van der Waals surface area contributed by atoms with Gasteiger partial charge in [0.2, 0.25) is 0 Å². The van der Waals surface area contributed by atoms with Crippen LogP contribution in [0.15, 0.2) is 24.3 Å². The zero-order chi connectivity index (χ0) is 10.6. The maximum Gasteiger partial charge on any atom is 0.124 e. The van der Waals surface area contributed by atoms with Gasteiger partial charge in [-0.25, -0.2) is 0 Å². The van der Waals surface area contributed by atoms with E-state index in [0.717, 1.165) is 18.7 Å². The summed E-state index contributed by atoms with van der Waals surface area (Å²) < 4.78 is 0. The monoisotopic (exact) mass is 193 g/mol. The lowest BCUT2D eigenvalue weighted by Gasteiger charge is -2.26. The number of aliphatic hydroxyl groups excluding tert-OH is 1. The average molecular weight is 193 g/mol. The van der Waals surface area contributed by atoms with E-state index in [9.17, 15) is 5.11 Å². The molecule has 0 aromatic heterocycles. The molecule has 14 heavy (non-hydrogen) atoms. The van der Waals surface area contributed by atoms with Crippen LogP contribution in [0.2, 0.25) is 0 Å². The van der Waals surface area contributed by atoms with Crippen LogP contribution in [0.5, 0.6) is 0 Å². The highest BCUT2D eigenvalue weighted by molar-refractivity contribution is 5.48. The maximum absolute atomic E-state index is 9.56. The van der Waals surface area contributed by atoms with E-state index in [0.29, 0.717) is 0 Å². The van der Waals surface area contributed by atoms with Crippen LogP contribution in [-0.4, -0.2) is 17.9 Å². The Bertz CT molecular complexity index is 283. The van der Waals surface area contributed by atoms with E-state index < -0.39 is 6.23 Å². The molecular formula is C12H19NO. The van der Waals surface area contributed by atoms with E-state index >= 15 is 0 Å². The van der Waals surface area contributed by atoms with Crippen molar-refractivity contribution in [2.75, 3.05) is 11.4 Å². The molecule has 0 radical (unpaired) electrons. The third-order valence-corrected chi connectivity index (χ3v) is 2.44. The van der Waals surface area contributed by atoms with Gasteiger partial charge in [-0.15, -0.1) is 0 Å². The van der Waals surface area contributed by atoms with E-state index in [1.54, 1.807) is 6.92 Å². The predicted molar refractivity (Wildman–Crippen MR) is 60.5 cm³/mol. The minimum absolute atomic E-state index is 0.424. The molecule has 0 saturated carbocycles. The molecule has 0 aliphatic heterocycles. The van der Waals surface area contributed by atoms with Gasteiger partial charge in [-0.05, 0) is 38.0 Å². The Hall–Kier alpha value is -1.02. The van der Waals surface area contributed by atoms with Gasteiger partial charge in [-0.3, -0.25) is 0 Å². The molecule has 0 saturated heterocycles. The average Bonchev–Trinajstić information content (AvgIpc) is 2.19. The van der Waals surface area contributed by atoms with Crippen LogP contribution in [0.4, 0.5) is 5.69 Å². The summed E-state index contributed by atoms with van der Waals surface area (Å²) in [5.41, 5.74) is 2.41. The van der Waals surface area contributed by atoms with E-state index in [1.807, 2.05) is 24.0 Å². The van der Waals surface area contributed by atoms with Crippen molar-refractivity contribution in [3.8, 4) is 0 Å². The molecule has 1 aromatic carbocycles. The SMILES string of the molecule is CCc1cccc(N(CC)C(C)O)c1. The number of benzene rings is 1. The molecule has 0 fully saturated rings. The van der Waals surface area contributed by atoms with Gasteiger partial charge < -0.3 is 10.0 Å².